The summed E-state index contributed by atoms with van der Waals surface area (Å²) in [5, 5.41) is 2.19. The van der Waals surface area contributed by atoms with Gasteiger partial charge in [0.2, 0.25) is 0 Å². The van der Waals surface area contributed by atoms with Crippen LogP contribution in [0.25, 0.3) is 32.9 Å². The molecule has 0 radical (unpaired) electrons. The molecule has 4 rings (SSSR count). The van der Waals surface area contributed by atoms with Gasteiger partial charge in [-0.2, -0.15) is 0 Å². The van der Waals surface area contributed by atoms with Crippen molar-refractivity contribution in [3.05, 3.63) is 58.4 Å². The Bertz CT molecular complexity index is 1070. The molecule has 0 bridgehead atoms. The maximum Gasteiger partial charge on any atom is 0.344 e. The fraction of sp³-hybridized carbons (Fsp3) is 0.211. The van der Waals surface area contributed by atoms with Crippen LogP contribution >= 0.6 is 0 Å². The molecule has 0 fully saturated rings. The lowest BCUT2D eigenvalue weighted by Gasteiger charge is -2.18. The average Bonchev–Trinajstić information content (AvgIpc) is 2.85. The minimum Gasteiger partial charge on any atom is -0.452 e. The summed E-state index contributed by atoms with van der Waals surface area (Å²) in [6.45, 7) is 6.46. The second-order valence-electron chi connectivity index (χ2n) is 6.66. The van der Waals surface area contributed by atoms with E-state index in [1.165, 1.54) is 5.56 Å². The van der Waals surface area contributed by atoms with Crippen molar-refractivity contribution >= 4 is 32.9 Å². The summed E-state index contributed by atoms with van der Waals surface area (Å²) in [5.74, 6) is 0. The molecule has 0 saturated heterocycles. The van der Waals surface area contributed by atoms with Crippen molar-refractivity contribution in [3.63, 3.8) is 0 Å². The Morgan fingerprint density at radius 3 is 2.23 bits per heavy atom. The van der Waals surface area contributed by atoms with E-state index in [2.05, 4.69) is 32.9 Å². The Morgan fingerprint density at radius 1 is 0.818 bits per heavy atom. The summed E-state index contributed by atoms with van der Waals surface area (Å²) in [7, 11) is 0. The van der Waals surface area contributed by atoms with Crippen LogP contribution in [0.5, 0.6) is 0 Å². The Labute approximate surface area is 127 Å². The zero-order valence-electron chi connectivity index (χ0n) is 12.8. The predicted molar refractivity (Wildman–Crippen MR) is 88.5 cm³/mol. The summed E-state index contributed by atoms with van der Waals surface area (Å²) in [6.07, 6.45) is 0. The third-order valence-corrected chi connectivity index (χ3v) is 4.09. The smallest absolute Gasteiger partial charge is 0.344 e. The van der Waals surface area contributed by atoms with Crippen LogP contribution < -0.4 is 5.63 Å². The van der Waals surface area contributed by atoms with E-state index in [1.807, 2.05) is 24.3 Å². The van der Waals surface area contributed by atoms with Gasteiger partial charge in [0.15, 0.2) is 11.2 Å². The van der Waals surface area contributed by atoms with Crippen molar-refractivity contribution in [3.8, 4) is 0 Å². The number of benzene rings is 2. The summed E-state index contributed by atoms with van der Waals surface area (Å²) >= 11 is 0. The molecule has 3 heteroatoms. The average molecular weight is 292 g/mol. The van der Waals surface area contributed by atoms with Gasteiger partial charge >= 0.3 is 5.63 Å². The van der Waals surface area contributed by atoms with Crippen molar-refractivity contribution in [2.45, 2.75) is 26.2 Å². The first-order valence-corrected chi connectivity index (χ1v) is 7.34. The van der Waals surface area contributed by atoms with Crippen LogP contribution in [0.1, 0.15) is 26.3 Å². The highest BCUT2D eigenvalue weighted by Gasteiger charge is 2.19. The predicted octanol–water partition coefficient (Wildman–Crippen LogP) is 4.99. The lowest BCUT2D eigenvalue weighted by molar-refractivity contribution is 0.564. The first-order chi connectivity index (χ1) is 10.4. The molecule has 0 aliphatic rings. The van der Waals surface area contributed by atoms with Gasteiger partial charge in [-0.15, -0.1) is 0 Å². The largest absolute Gasteiger partial charge is 0.452 e. The topological polar surface area (TPSA) is 43.4 Å². The number of rotatable bonds is 0. The second-order valence-corrected chi connectivity index (χ2v) is 6.66. The molecule has 2 heterocycles. The summed E-state index contributed by atoms with van der Waals surface area (Å²) in [5.41, 5.74) is 2.78. The third-order valence-electron chi connectivity index (χ3n) is 4.09. The van der Waals surface area contributed by atoms with E-state index in [1.54, 1.807) is 6.07 Å². The molecule has 0 saturated carbocycles. The minimum absolute atomic E-state index is 0.0227. The zero-order valence-corrected chi connectivity index (χ0v) is 12.8. The van der Waals surface area contributed by atoms with E-state index < -0.39 is 0 Å². The first-order valence-electron chi connectivity index (χ1n) is 7.34. The maximum atomic E-state index is 12.2. The van der Waals surface area contributed by atoms with Crippen molar-refractivity contribution < 1.29 is 8.83 Å². The fourth-order valence-electron chi connectivity index (χ4n) is 2.83. The van der Waals surface area contributed by atoms with Crippen LogP contribution in [0.15, 0.2) is 56.1 Å². The highest BCUT2D eigenvalue weighted by molar-refractivity contribution is 6.11. The molecule has 0 atom stereocenters. The molecule has 0 N–H and O–H groups in total. The quantitative estimate of drug-likeness (QED) is 0.458. The molecule has 0 spiro atoms. The zero-order chi connectivity index (χ0) is 15.5. The molecule has 4 aromatic rings. The molecule has 110 valence electrons. The minimum atomic E-state index is -0.327. The normalized spacial score (nSPS) is 12.5. The van der Waals surface area contributed by atoms with E-state index in [0.29, 0.717) is 16.6 Å². The maximum absolute atomic E-state index is 12.2. The number of fused-ring (bicyclic) bond motifs is 5. The number of hydrogen-bond acceptors (Lipinski definition) is 3. The van der Waals surface area contributed by atoms with Crippen LogP contribution in [0.2, 0.25) is 0 Å². The molecule has 2 aromatic carbocycles. The van der Waals surface area contributed by atoms with E-state index in [-0.39, 0.29) is 11.0 Å². The molecular weight excluding hydrogens is 276 g/mol. The van der Waals surface area contributed by atoms with Gasteiger partial charge in [0, 0.05) is 5.39 Å². The molecule has 0 amide bonds. The Hall–Kier alpha value is -2.55. The van der Waals surface area contributed by atoms with Crippen LogP contribution in [0.4, 0.5) is 0 Å². The second kappa shape index (κ2) is 4.23. The first kappa shape index (κ1) is 13.1. The summed E-state index contributed by atoms with van der Waals surface area (Å²) < 4.78 is 11.5. The Morgan fingerprint density at radius 2 is 1.50 bits per heavy atom. The van der Waals surface area contributed by atoms with Gasteiger partial charge in [-0.25, -0.2) is 4.79 Å². The van der Waals surface area contributed by atoms with Gasteiger partial charge in [0.1, 0.15) is 5.58 Å². The van der Waals surface area contributed by atoms with Crippen LogP contribution in [0, 0.1) is 0 Å². The van der Waals surface area contributed by atoms with Crippen molar-refractivity contribution in [2.75, 3.05) is 0 Å². The summed E-state index contributed by atoms with van der Waals surface area (Å²) in [4.78, 5) is 12.2. The lowest BCUT2D eigenvalue weighted by atomic mass is 9.86. The Kier molecular flexibility index (Phi) is 2.52. The van der Waals surface area contributed by atoms with Crippen LogP contribution in [-0.4, -0.2) is 0 Å². The molecule has 0 aliphatic carbocycles. The molecule has 0 aliphatic heterocycles. The number of hydrogen-bond donors (Lipinski definition) is 0. The molecule has 2 aromatic heterocycles. The SMILES string of the molecule is CC(C)(C)c1ccc2oc3c4ccccc4c(=O)oc3c2c1. The van der Waals surface area contributed by atoms with Gasteiger partial charge in [-0.3, -0.25) is 0 Å². The monoisotopic (exact) mass is 292 g/mol. The van der Waals surface area contributed by atoms with Gasteiger partial charge < -0.3 is 8.83 Å². The fourth-order valence-corrected chi connectivity index (χ4v) is 2.83. The number of furan rings is 1. The highest BCUT2D eigenvalue weighted by Crippen LogP contribution is 2.35. The third kappa shape index (κ3) is 1.78. The molecule has 3 nitrogen and oxygen atoms in total. The van der Waals surface area contributed by atoms with Crippen molar-refractivity contribution in [2.24, 2.45) is 0 Å². The van der Waals surface area contributed by atoms with Crippen LogP contribution in [-0.2, 0) is 5.41 Å². The molecular formula is C19H16O3. The van der Waals surface area contributed by atoms with E-state index in [9.17, 15) is 4.79 Å². The van der Waals surface area contributed by atoms with Gasteiger partial charge in [-0.05, 0) is 29.2 Å². The van der Waals surface area contributed by atoms with Crippen LogP contribution in [0.3, 0.4) is 0 Å². The standard InChI is InChI=1S/C19H16O3/c1-19(2,3)11-8-9-15-14(10-11)17-16(21-15)12-6-4-5-7-13(12)18(20)22-17/h4-10H,1-3H3. The van der Waals surface area contributed by atoms with Crippen molar-refractivity contribution in [1.82, 2.24) is 0 Å². The van der Waals surface area contributed by atoms with Gasteiger partial charge in [0.25, 0.3) is 0 Å². The molecule has 0 unspecified atom stereocenters. The highest BCUT2D eigenvalue weighted by atomic mass is 16.4. The summed E-state index contributed by atoms with van der Waals surface area (Å²) in [6, 6.07) is 13.4. The van der Waals surface area contributed by atoms with Crippen molar-refractivity contribution in [1.29, 1.82) is 0 Å². The molecule has 22 heavy (non-hydrogen) atoms. The lowest BCUT2D eigenvalue weighted by Crippen LogP contribution is -2.10. The van der Waals surface area contributed by atoms with E-state index in [0.717, 1.165) is 16.4 Å². The van der Waals surface area contributed by atoms with Gasteiger partial charge in [0.05, 0.1) is 10.8 Å². The Balaban J connectivity index is 2.20. The van der Waals surface area contributed by atoms with Gasteiger partial charge in [-0.1, -0.05) is 45.0 Å². The van der Waals surface area contributed by atoms with E-state index in [4.69, 9.17) is 8.83 Å². The van der Waals surface area contributed by atoms with E-state index >= 15 is 0 Å².